The second-order valence-electron chi connectivity index (χ2n) is 7.47. The number of hydrogen-bond acceptors (Lipinski definition) is 5. The highest BCUT2D eigenvalue weighted by Crippen LogP contribution is 2.29. The molecule has 3 aromatic carbocycles. The summed E-state index contributed by atoms with van der Waals surface area (Å²) >= 11 is 0. The van der Waals surface area contributed by atoms with Crippen molar-refractivity contribution in [2.45, 2.75) is 13.5 Å². The minimum atomic E-state index is 0.00838. The molecular formula is C26H21N3O3. The molecular weight excluding hydrogens is 402 g/mol. The lowest BCUT2D eigenvalue weighted by Gasteiger charge is -2.09. The average Bonchev–Trinajstić information content (AvgIpc) is 3.22. The number of carbonyl (C=O) groups excluding carboxylic acids is 1. The summed E-state index contributed by atoms with van der Waals surface area (Å²) in [7, 11) is 1.66. The Balaban J connectivity index is 1.56. The summed E-state index contributed by atoms with van der Waals surface area (Å²) < 4.78 is 13.4. The zero-order chi connectivity index (χ0) is 22.1. The van der Waals surface area contributed by atoms with Gasteiger partial charge in [0.2, 0.25) is 5.78 Å². The van der Waals surface area contributed by atoms with E-state index in [-0.39, 0.29) is 5.78 Å². The number of rotatable bonds is 6. The van der Waals surface area contributed by atoms with Crippen LogP contribution < -0.4 is 9.47 Å². The summed E-state index contributed by atoms with van der Waals surface area (Å²) in [6.45, 7) is 1.88. The summed E-state index contributed by atoms with van der Waals surface area (Å²) in [6, 6.07) is 23.1. The van der Waals surface area contributed by atoms with Crippen molar-refractivity contribution in [3.8, 4) is 22.8 Å². The number of nitrogens with zero attached hydrogens (tertiary/aromatic N) is 3. The van der Waals surface area contributed by atoms with E-state index in [0.717, 1.165) is 33.6 Å². The van der Waals surface area contributed by atoms with Gasteiger partial charge in [-0.25, -0.2) is 9.97 Å². The van der Waals surface area contributed by atoms with Crippen LogP contribution in [0.5, 0.6) is 11.5 Å². The molecule has 5 rings (SSSR count). The van der Waals surface area contributed by atoms with Gasteiger partial charge in [-0.1, -0.05) is 36.4 Å². The molecule has 2 heterocycles. The molecule has 6 nitrogen and oxygen atoms in total. The van der Waals surface area contributed by atoms with Crippen LogP contribution >= 0.6 is 0 Å². The van der Waals surface area contributed by atoms with Crippen molar-refractivity contribution in [3.05, 3.63) is 90.1 Å². The Kier molecular flexibility index (Phi) is 5.03. The standard InChI is InChI=1S/C26H21N3O3/c1-17(30)18-6-3-10-22(14-18)32-16-20-8-5-11-24-25(20)28-26-27-13-12-23(29(24)26)19-7-4-9-21(15-19)31-2/h3-15H,16H2,1-2H3. The van der Waals surface area contributed by atoms with E-state index in [2.05, 4.69) is 4.98 Å². The zero-order valence-corrected chi connectivity index (χ0v) is 17.8. The van der Waals surface area contributed by atoms with Crippen LogP contribution in [0.1, 0.15) is 22.8 Å². The number of para-hydroxylation sites is 1. The van der Waals surface area contributed by atoms with Gasteiger partial charge in [-0.05, 0) is 43.3 Å². The monoisotopic (exact) mass is 423 g/mol. The first-order valence-corrected chi connectivity index (χ1v) is 10.3. The number of carbonyl (C=O) groups is 1. The fourth-order valence-electron chi connectivity index (χ4n) is 3.81. The first-order chi connectivity index (χ1) is 15.6. The molecule has 0 aliphatic heterocycles. The molecule has 0 unspecified atom stereocenters. The lowest BCUT2D eigenvalue weighted by Crippen LogP contribution is -1.98. The number of ketones is 1. The molecule has 0 bridgehead atoms. The highest BCUT2D eigenvalue weighted by atomic mass is 16.5. The smallest absolute Gasteiger partial charge is 0.235 e. The number of fused-ring (bicyclic) bond motifs is 3. The minimum absolute atomic E-state index is 0.00838. The number of methoxy groups -OCH3 is 1. The quantitative estimate of drug-likeness (QED) is 0.345. The molecule has 0 saturated heterocycles. The highest BCUT2D eigenvalue weighted by Gasteiger charge is 2.14. The number of aromatic nitrogens is 3. The molecule has 0 saturated carbocycles. The van der Waals surface area contributed by atoms with Gasteiger partial charge in [0.05, 0.1) is 23.8 Å². The number of imidazole rings is 1. The maximum absolute atomic E-state index is 11.7. The van der Waals surface area contributed by atoms with Crippen molar-refractivity contribution in [3.63, 3.8) is 0 Å². The summed E-state index contributed by atoms with van der Waals surface area (Å²) in [5, 5.41) is 0. The van der Waals surface area contributed by atoms with E-state index in [4.69, 9.17) is 14.5 Å². The van der Waals surface area contributed by atoms with Crippen LogP contribution in [0.4, 0.5) is 0 Å². The number of benzene rings is 3. The Morgan fingerprint density at radius 2 is 1.78 bits per heavy atom. The van der Waals surface area contributed by atoms with Crippen molar-refractivity contribution < 1.29 is 14.3 Å². The molecule has 32 heavy (non-hydrogen) atoms. The topological polar surface area (TPSA) is 65.7 Å². The molecule has 0 amide bonds. The van der Waals surface area contributed by atoms with Gasteiger partial charge < -0.3 is 9.47 Å². The van der Waals surface area contributed by atoms with Gasteiger partial charge in [0.25, 0.3) is 0 Å². The predicted octanol–water partition coefficient (Wildman–Crippen LogP) is 5.34. The predicted molar refractivity (Wildman–Crippen MR) is 123 cm³/mol. The minimum Gasteiger partial charge on any atom is -0.497 e. The van der Waals surface area contributed by atoms with E-state index in [1.807, 2.05) is 65.1 Å². The van der Waals surface area contributed by atoms with Gasteiger partial charge >= 0.3 is 0 Å². The van der Waals surface area contributed by atoms with E-state index in [9.17, 15) is 4.79 Å². The van der Waals surface area contributed by atoms with Crippen molar-refractivity contribution in [2.24, 2.45) is 0 Å². The van der Waals surface area contributed by atoms with E-state index in [1.54, 1.807) is 32.4 Å². The number of Topliss-reactive ketones (excluding diaryl/α,β-unsaturated/α-hetero) is 1. The first kappa shape index (κ1) is 19.8. The Morgan fingerprint density at radius 1 is 0.969 bits per heavy atom. The van der Waals surface area contributed by atoms with Crippen LogP contribution in [-0.2, 0) is 6.61 Å². The maximum Gasteiger partial charge on any atom is 0.235 e. The molecule has 0 N–H and O–H groups in total. The highest BCUT2D eigenvalue weighted by molar-refractivity contribution is 5.94. The molecule has 0 radical (unpaired) electrons. The van der Waals surface area contributed by atoms with Gasteiger partial charge in [-0.3, -0.25) is 9.20 Å². The van der Waals surface area contributed by atoms with E-state index in [0.29, 0.717) is 23.7 Å². The van der Waals surface area contributed by atoms with Crippen LogP contribution in [0.25, 0.3) is 28.1 Å². The molecule has 0 aliphatic carbocycles. The van der Waals surface area contributed by atoms with Gasteiger partial charge in [0.1, 0.15) is 18.1 Å². The van der Waals surface area contributed by atoms with E-state index >= 15 is 0 Å². The average molecular weight is 423 g/mol. The van der Waals surface area contributed by atoms with Crippen molar-refractivity contribution in [2.75, 3.05) is 7.11 Å². The molecule has 5 aromatic rings. The lowest BCUT2D eigenvalue weighted by molar-refractivity contribution is 0.101. The van der Waals surface area contributed by atoms with Gasteiger partial charge in [0, 0.05) is 22.9 Å². The Bertz CT molecular complexity index is 1460. The van der Waals surface area contributed by atoms with Crippen molar-refractivity contribution in [1.29, 1.82) is 0 Å². The molecule has 0 spiro atoms. The van der Waals surface area contributed by atoms with Crippen LogP contribution in [-0.4, -0.2) is 27.3 Å². The number of hydrogen-bond donors (Lipinski definition) is 0. The normalized spacial score (nSPS) is 11.1. The van der Waals surface area contributed by atoms with E-state index < -0.39 is 0 Å². The van der Waals surface area contributed by atoms with E-state index in [1.165, 1.54) is 0 Å². The zero-order valence-electron chi connectivity index (χ0n) is 17.8. The van der Waals surface area contributed by atoms with Crippen LogP contribution in [0, 0.1) is 0 Å². The Morgan fingerprint density at radius 3 is 2.62 bits per heavy atom. The third-order valence-corrected chi connectivity index (χ3v) is 5.41. The summed E-state index contributed by atoms with van der Waals surface area (Å²) in [5.74, 6) is 2.06. The lowest BCUT2D eigenvalue weighted by atomic mass is 10.1. The summed E-state index contributed by atoms with van der Waals surface area (Å²) in [5.41, 5.74) is 5.34. The summed E-state index contributed by atoms with van der Waals surface area (Å²) in [6.07, 6.45) is 1.76. The second-order valence-corrected chi connectivity index (χ2v) is 7.47. The van der Waals surface area contributed by atoms with Crippen molar-refractivity contribution in [1.82, 2.24) is 14.4 Å². The number of ether oxygens (including phenoxy) is 2. The van der Waals surface area contributed by atoms with Crippen LogP contribution in [0.2, 0.25) is 0 Å². The second kappa shape index (κ2) is 8.15. The largest absolute Gasteiger partial charge is 0.497 e. The van der Waals surface area contributed by atoms with Crippen LogP contribution in [0.15, 0.2) is 79.0 Å². The third kappa shape index (κ3) is 3.56. The molecule has 158 valence electrons. The SMILES string of the molecule is COc1cccc(-c2ccnc3nc4c(COc5cccc(C(C)=O)c5)cccc4n23)c1. The first-order valence-electron chi connectivity index (χ1n) is 10.3. The van der Waals surface area contributed by atoms with Crippen molar-refractivity contribution >= 4 is 22.6 Å². The Hall–Kier alpha value is -4.19. The molecule has 0 aliphatic rings. The fourth-order valence-corrected chi connectivity index (χ4v) is 3.81. The van der Waals surface area contributed by atoms with Gasteiger partial charge in [-0.2, -0.15) is 0 Å². The van der Waals surface area contributed by atoms with Crippen LogP contribution in [0.3, 0.4) is 0 Å². The molecule has 0 atom stereocenters. The van der Waals surface area contributed by atoms with Gasteiger partial charge in [-0.15, -0.1) is 0 Å². The third-order valence-electron chi connectivity index (χ3n) is 5.41. The molecule has 2 aromatic heterocycles. The Labute approximate surface area is 185 Å². The summed E-state index contributed by atoms with van der Waals surface area (Å²) in [4.78, 5) is 20.9. The fraction of sp³-hybridized carbons (Fsp3) is 0.115. The molecule has 0 fully saturated rings. The molecule has 6 heteroatoms. The van der Waals surface area contributed by atoms with Gasteiger partial charge in [0.15, 0.2) is 5.78 Å². The maximum atomic E-state index is 11.7.